The van der Waals surface area contributed by atoms with E-state index in [-0.39, 0.29) is 0 Å². The Morgan fingerprint density at radius 3 is 2.57 bits per heavy atom. The second kappa shape index (κ2) is 6.97. The lowest BCUT2D eigenvalue weighted by Gasteiger charge is -2.48. The molecule has 3 heteroatoms. The number of hydrogen-bond acceptors (Lipinski definition) is 3. The van der Waals surface area contributed by atoms with Gasteiger partial charge < -0.3 is 10.6 Å². The molecular formula is C18H37N3. The van der Waals surface area contributed by atoms with Crippen molar-refractivity contribution < 1.29 is 0 Å². The maximum absolute atomic E-state index is 6.29. The van der Waals surface area contributed by atoms with Gasteiger partial charge in [0.15, 0.2) is 0 Å². The molecule has 0 spiro atoms. The fraction of sp³-hybridized carbons (Fsp3) is 1.00. The molecule has 2 rings (SSSR count). The number of nitrogens with zero attached hydrogens (tertiary/aromatic N) is 2. The van der Waals surface area contributed by atoms with Crippen molar-refractivity contribution >= 4 is 0 Å². The molecule has 2 N–H and O–H groups in total. The third-order valence-corrected chi connectivity index (χ3v) is 6.68. The van der Waals surface area contributed by atoms with E-state index < -0.39 is 0 Å². The molecule has 3 nitrogen and oxygen atoms in total. The number of rotatable bonds is 5. The van der Waals surface area contributed by atoms with Gasteiger partial charge in [0.05, 0.1) is 0 Å². The van der Waals surface area contributed by atoms with E-state index in [0.717, 1.165) is 12.0 Å². The van der Waals surface area contributed by atoms with Crippen LogP contribution in [0.3, 0.4) is 0 Å². The van der Waals surface area contributed by atoms with E-state index in [1.54, 1.807) is 0 Å². The normalized spacial score (nSPS) is 37.3. The summed E-state index contributed by atoms with van der Waals surface area (Å²) in [6.45, 7) is 14.5. The third kappa shape index (κ3) is 3.80. The molecule has 2 fully saturated rings. The highest BCUT2D eigenvalue weighted by atomic mass is 15.2. The van der Waals surface area contributed by atoms with Crippen LogP contribution in [-0.2, 0) is 0 Å². The van der Waals surface area contributed by atoms with Gasteiger partial charge in [-0.15, -0.1) is 0 Å². The Labute approximate surface area is 132 Å². The number of nitrogens with two attached hydrogens (primary N) is 1. The van der Waals surface area contributed by atoms with Crippen molar-refractivity contribution in [2.24, 2.45) is 23.0 Å². The summed E-state index contributed by atoms with van der Waals surface area (Å²) in [7, 11) is 2.32. The minimum Gasteiger partial charge on any atom is -0.327 e. The molecular weight excluding hydrogens is 258 g/mol. The van der Waals surface area contributed by atoms with E-state index in [1.165, 1.54) is 51.9 Å². The van der Waals surface area contributed by atoms with E-state index in [9.17, 15) is 0 Å². The lowest BCUT2D eigenvalue weighted by atomic mass is 9.61. The van der Waals surface area contributed by atoms with E-state index in [2.05, 4.69) is 44.5 Å². The Kier molecular flexibility index (Phi) is 5.72. The van der Waals surface area contributed by atoms with Crippen molar-refractivity contribution in [3.63, 3.8) is 0 Å². The molecule has 124 valence electrons. The van der Waals surface area contributed by atoms with Crippen LogP contribution in [0.1, 0.15) is 53.4 Å². The van der Waals surface area contributed by atoms with E-state index in [4.69, 9.17) is 5.73 Å². The van der Waals surface area contributed by atoms with Gasteiger partial charge in [0.1, 0.15) is 0 Å². The first kappa shape index (κ1) is 17.2. The summed E-state index contributed by atoms with van der Waals surface area (Å²) in [5.74, 6) is 1.41. The Hall–Kier alpha value is -0.120. The first-order chi connectivity index (χ1) is 9.86. The first-order valence-corrected chi connectivity index (χ1v) is 9.04. The van der Waals surface area contributed by atoms with Gasteiger partial charge in [0.25, 0.3) is 0 Å². The summed E-state index contributed by atoms with van der Waals surface area (Å²) in [5, 5.41) is 0. The van der Waals surface area contributed by atoms with Crippen LogP contribution < -0.4 is 5.73 Å². The number of likely N-dealkylation sites (N-methyl/N-ethyl adjacent to an activating group) is 2. The van der Waals surface area contributed by atoms with Crippen molar-refractivity contribution in [1.82, 2.24) is 9.80 Å². The molecule has 1 aliphatic heterocycles. The topological polar surface area (TPSA) is 32.5 Å². The molecule has 21 heavy (non-hydrogen) atoms. The van der Waals surface area contributed by atoms with Gasteiger partial charge in [0, 0.05) is 25.2 Å². The van der Waals surface area contributed by atoms with Crippen LogP contribution in [0.2, 0.25) is 0 Å². The van der Waals surface area contributed by atoms with Crippen LogP contribution in [-0.4, -0.2) is 55.1 Å². The first-order valence-electron chi connectivity index (χ1n) is 9.04. The standard InChI is InChI=1S/C18H37N3/c1-6-21-11-7-8-16(21)13-20(5)12-15-9-10-17(19)14(2)18(15,3)4/h14-17H,6-13,19H2,1-5H3. The molecule has 1 saturated carbocycles. The molecule has 2 aliphatic rings. The fourth-order valence-electron chi connectivity index (χ4n) is 4.59. The molecule has 0 aromatic rings. The zero-order valence-electron chi connectivity index (χ0n) is 14.9. The molecule has 0 radical (unpaired) electrons. The van der Waals surface area contributed by atoms with E-state index in [0.29, 0.717) is 17.4 Å². The third-order valence-electron chi connectivity index (χ3n) is 6.68. The largest absolute Gasteiger partial charge is 0.327 e. The molecule has 0 aromatic heterocycles. The summed E-state index contributed by atoms with van der Waals surface area (Å²) in [5.41, 5.74) is 6.66. The van der Waals surface area contributed by atoms with Crippen LogP contribution >= 0.6 is 0 Å². The second-order valence-electron chi connectivity index (χ2n) is 8.19. The Balaban J connectivity index is 1.88. The molecule has 1 saturated heterocycles. The molecule has 0 bridgehead atoms. The van der Waals surface area contributed by atoms with Crippen LogP contribution in [0.25, 0.3) is 0 Å². The summed E-state index contributed by atoms with van der Waals surface area (Å²) in [6, 6.07) is 1.18. The van der Waals surface area contributed by atoms with Crippen molar-refractivity contribution in [2.75, 3.05) is 33.2 Å². The maximum atomic E-state index is 6.29. The van der Waals surface area contributed by atoms with Gasteiger partial charge in [0.2, 0.25) is 0 Å². The quantitative estimate of drug-likeness (QED) is 0.846. The van der Waals surface area contributed by atoms with E-state index >= 15 is 0 Å². The van der Waals surface area contributed by atoms with Crippen LogP contribution in [0.15, 0.2) is 0 Å². The average Bonchev–Trinajstić information content (AvgIpc) is 2.87. The molecule has 4 atom stereocenters. The Morgan fingerprint density at radius 1 is 1.19 bits per heavy atom. The number of likely N-dealkylation sites (tertiary alicyclic amines) is 1. The van der Waals surface area contributed by atoms with Crippen LogP contribution in [0.5, 0.6) is 0 Å². The van der Waals surface area contributed by atoms with Gasteiger partial charge >= 0.3 is 0 Å². The van der Waals surface area contributed by atoms with Crippen molar-refractivity contribution in [2.45, 2.75) is 65.5 Å². The molecule has 4 unspecified atom stereocenters. The summed E-state index contributed by atoms with van der Waals surface area (Å²) >= 11 is 0. The fourth-order valence-corrected chi connectivity index (χ4v) is 4.59. The lowest BCUT2D eigenvalue weighted by Crippen LogP contribution is -2.50. The summed E-state index contributed by atoms with van der Waals surface area (Å²) in [4.78, 5) is 5.25. The van der Waals surface area contributed by atoms with Gasteiger partial charge in [-0.25, -0.2) is 0 Å². The molecule has 0 aromatic carbocycles. The van der Waals surface area contributed by atoms with Crippen molar-refractivity contribution in [1.29, 1.82) is 0 Å². The lowest BCUT2D eigenvalue weighted by molar-refractivity contribution is 0.0297. The predicted octanol–water partition coefficient (Wildman–Crippen LogP) is 2.80. The molecule has 0 amide bonds. The predicted molar refractivity (Wildman–Crippen MR) is 91.4 cm³/mol. The van der Waals surface area contributed by atoms with Gasteiger partial charge in [-0.2, -0.15) is 0 Å². The SMILES string of the molecule is CCN1CCCC1CN(C)CC1CCC(N)C(C)C1(C)C. The summed E-state index contributed by atoms with van der Waals surface area (Å²) in [6.07, 6.45) is 5.26. The highest BCUT2D eigenvalue weighted by Crippen LogP contribution is 2.44. The minimum absolute atomic E-state index is 0.367. The van der Waals surface area contributed by atoms with Crippen molar-refractivity contribution in [3.8, 4) is 0 Å². The molecule has 1 heterocycles. The zero-order valence-corrected chi connectivity index (χ0v) is 14.9. The highest BCUT2D eigenvalue weighted by molar-refractivity contribution is 4.94. The Bertz CT molecular complexity index is 328. The molecule has 1 aliphatic carbocycles. The summed E-state index contributed by atoms with van der Waals surface area (Å²) < 4.78 is 0. The van der Waals surface area contributed by atoms with Crippen molar-refractivity contribution in [3.05, 3.63) is 0 Å². The second-order valence-corrected chi connectivity index (χ2v) is 8.19. The number of hydrogen-bond donors (Lipinski definition) is 1. The van der Waals surface area contributed by atoms with Gasteiger partial charge in [-0.05, 0) is 63.1 Å². The maximum Gasteiger partial charge on any atom is 0.0223 e. The average molecular weight is 296 g/mol. The van der Waals surface area contributed by atoms with E-state index in [1.807, 2.05) is 0 Å². The highest BCUT2D eigenvalue weighted by Gasteiger charge is 2.41. The minimum atomic E-state index is 0.367. The monoisotopic (exact) mass is 295 g/mol. The van der Waals surface area contributed by atoms with Crippen LogP contribution in [0.4, 0.5) is 0 Å². The van der Waals surface area contributed by atoms with Gasteiger partial charge in [-0.3, -0.25) is 4.90 Å². The van der Waals surface area contributed by atoms with Gasteiger partial charge in [-0.1, -0.05) is 27.7 Å². The van der Waals surface area contributed by atoms with Crippen LogP contribution in [0, 0.1) is 17.3 Å². The zero-order chi connectivity index (χ0) is 15.6. The Morgan fingerprint density at radius 2 is 1.90 bits per heavy atom. The smallest absolute Gasteiger partial charge is 0.0223 e.